The zero-order valence-electron chi connectivity index (χ0n) is 7.76. The Bertz CT molecular complexity index is 107. The molecular formula is C7H18O2SSi. The predicted molar refractivity (Wildman–Crippen MR) is 54.4 cm³/mol. The van der Waals surface area contributed by atoms with Gasteiger partial charge >= 0.3 is 0 Å². The molecule has 0 aliphatic heterocycles. The van der Waals surface area contributed by atoms with Crippen molar-refractivity contribution in [2.45, 2.75) is 30.4 Å². The molecule has 0 spiro atoms. The molecule has 0 saturated heterocycles. The SMILES string of the molecule is CCC(S)CC([SiH3])(OC)OC. The van der Waals surface area contributed by atoms with Crippen molar-refractivity contribution in [3.05, 3.63) is 0 Å². The topological polar surface area (TPSA) is 18.5 Å². The molecule has 4 heteroatoms. The Kier molecular flexibility index (Phi) is 5.42. The third kappa shape index (κ3) is 4.15. The van der Waals surface area contributed by atoms with Gasteiger partial charge in [-0.05, 0) is 6.42 Å². The third-order valence-corrected chi connectivity index (χ3v) is 3.71. The Labute approximate surface area is 77.5 Å². The molecule has 0 amide bonds. The number of methoxy groups -OCH3 is 2. The van der Waals surface area contributed by atoms with Gasteiger partial charge in [-0.3, -0.25) is 0 Å². The summed E-state index contributed by atoms with van der Waals surface area (Å²) < 4.78 is 10.5. The summed E-state index contributed by atoms with van der Waals surface area (Å²) in [6, 6.07) is 0. The summed E-state index contributed by atoms with van der Waals surface area (Å²) in [6.07, 6.45) is 1.94. The lowest BCUT2D eigenvalue weighted by Crippen LogP contribution is -2.36. The monoisotopic (exact) mass is 194 g/mol. The molecule has 2 nitrogen and oxygen atoms in total. The van der Waals surface area contributed by atoms with Gasteiger partial charge in [-0.1, -0.05) is 6.92 Å². The Morgan fingerprint density at radius 2 is 1.91 bits per heavy atom. The maximum absolute atomic E-state index is 5.25. The van der Waals surface area contributed by atoms with E-state index in [2.05, 4.69) is 19.6 Å². The second-order valence-electron chi connectivity index (χ2n) is 2.81. The van der Waals surface area contributed by atoms with E-state index in [1.165, 1.54) is 0 Å². The Hall–Kier alpha value is 0.487. The fourth-order valence-electron chi connectivity index (χ4n) is 0.822. The van der Waals surface area contributed by atoms with Crippen LogP contribution in [-0.2, 0) is 9.47 Å². The fraction of sp³-hybridized carbons (Fsp3) is 1.00. The van der Waals surface area contributed by atoms with Gasteiger partial charge in [0.2, 0.25) is 0 Å². The smallest absolute Gasteiger partial charge is 0.141 e. The summed E-state index contributed by atoms with van der Waals surface area (Å²) in [7, 11) is 4.25. The minimum atomic E-state index is -0.331. The van der Waals surface area contributed by atoms with Crippen molar-refractivity contribution in [1.29, 1.82) is 0 Å². The summed E-state index contributed by atoms with van der Waals surface area (Å²) in [6.45, 7) is 2.12. The summed E-state index contributed by atoms with van der Waals surface area (Å²) in [5, 5.41) is 0.382. The van der Waals surface area contributed by atoms with Gasteiger partial charge in [-0.2, -0.15) is 12.6 Å². The molecule has 68 valence electrons. The minimum Gasteiger partial charge on any atom is -0.358 e. The zero-order valence-corrected chi connectivity index (χ0v) is 10.6. The molecule has 0 aromatic heterocycles. The van der Waals surface area contributed by atoms with Gasteiger partial charge in [0.15, 0.2) is 0 Å². The number of rotatable bonds is 5. The third-order valence-electron chi connectivity index (χ3n) is 1.94. The summed E-state index contributed by atoms with van der Waals surface area (Å²) >= 11 is 4.39. The van der Waals surface area contributed by atoms with Gasteiger partial charge in [0, 0.05) is 25.9 Å². The quantitative estimate of drug-likeness (QED) is 0.388. The lowest BCUT2D eigenvalue weighted by atomic mass is 10.2. The molecule has 0 aliphatic carbocycles. The van der Waals surface area contributed by atoms with E-state index in [9.17, 15) is 0 Å². The van der Waals surface area contributed by atoms with E-state index in [-0.39, 0.29) is 5.41 Å². The maximum atomic E-state index is 5.25. The first kappa shape index (κ1) is 11.5. The van der Waals surface area contributed by atoms with Gasteiger partial charge in [0.25, 0.3) is 0 Å². The molecule has 0 rings (SSSR count). The van der Waals surface area contributed by atoms with Crippen LogP contribution in [-0.4, -0.2) is 35.1 Å². The van der Waals surface area contributed by atoms with Gasteiger partial charge in [-0.25, -0.2) is 0 Å². The highest BCUT2D eigenvalue weighted by Crippen LogP contribution is 2.18. The second kappa shape index (κ2) is 5.19. The largest absolute Gasteiger partial charge is 0.358 e. The molecule has 1 unspecified atom stereocenters. The summed E-state index contributed by atoms with van der Waals surface area (Å²) in [4.78, 5) is 0. The van der Waals surface area contributed by atoms with Crippen molar-refractivity contribution >= 4 is 22.9 Å². The minimum absolute atomic E-state index is 0.331. The molecule has 0 heterocycles. The first-order valence-electron chi connectivity index (χ1n) is 3.86. The Balaban J connectivity index is 3.86. The lowest BCUT2D eigenvalue weighted by molar-refractivity contribution is -0.145. The first-order valence-corrected chi connectivity index (χ1v) is 5.38. The van der Waals surface area contributed by atoms with E-state index in [1.54, 1.807) is 14.2 Å². The lowest BCUT2D eigenvalue weighted by Gasteiger charge is -2.28. The molecule has 0 aromatic carbocycles. The molecule has 0 fully saturated rings. The standard InChI is InChI=1S/C7H18O2SSi/c1-4-6(10)5-7(11,8-2)9-3/h6,10H,4-5H2,1-3,11H3. The second-order valence-corrected chi connectivity index (χ2v) is 5.06. The van der Waals surface area contributed by atoms with E-state index in [0.29, 0.717) is 5.25 Å². The molecular weight excluding hydrogens is 176 g/mol. The molecule has 0 aromatic rings. The van der Waals surface area contributed by atoms with Crippen molar-refractivity contribution in [2.24, 2.45) is 0 Å². The van der Waals surface area contributed by atoms with E-state index < -0.39 is 0 Å². The molecule has 0 radical (unpaired) electrons. The van der Waals surface area contributed by atoms with Crippen LogP contribution < -0.4 is 0 Å². The van der Waals surface area contributed by atoms with Crippen LogP contribution in [0.5, 0.6) is 0 Å². The summed E-state index contributed by atoms with van der Waals surface area (Å²) in [5.41, 5.74) is -0.331. The number of thiol groups is 1. The van der Waals surface area contributed by atoms with Crippen LogP contribution in [0, 0.1) is 0 Å². The number of hydrogen-bond acceptors (Lipinski definition) is 3. The first-order chi connectivity index (χ1) is 5.08. The average Bonchev–Trinajstić information content (AvgIpc) is 2.04. The van der Waals surface area contributed by atoms with Crippen molar-refractivity contribution in [3.63, 3.8) is 0 Å². The van der Waals surface area contributed by atoms with Gasteiger partial charge in [0.05, 0.1) is 10.2 Å². The van der Waals surface area contributed by atoms with Gasteiger partial charge < -0.3 is 9.47 Å². The normalized spacial score (nSPS) is 15.3. The Morgan fingerprint density at radius 1 is 1.45 bits per heavy atom. The van der Waals surface area contributed by atoms with Crippen LogP contribution in [0.2, 0.25) is 0 Å². The molecule has 0 saturated carbocycles. The number of ether oxygens (including phenoxy) is 2. The molecule has 0 bridgehead atoms. The maximum Gasteiger partial charge on any atom is 0.141 e. The average molecular weight is 194 g/mol. The van der Waals surface area contributed by atoms with Crippen LogP contribution >= 0.6 is 12.6 Å². The van der Waals surface area contributed by atoms with Crippen molar-refractivity contribution in [1.82, 2.24) is 0 Å². The molecule has 0 aliphatic rings. The fourth-order valence-corrected chi connectivity index (χ4v) is 1.99. The molecule has 0 N–H and O–H groups in total. The van der Waals surface area contributed by atoms with E-state index in [1.807, 2.05) is 0 Å². The number of hydrogen-bond donors (Lipinski definition) is 1. The van der Waals surface area contributed by atoms with Gasteiger partial charge in [0.1, 0.15) is 5.41 Å². The van der Waals surface area contributed by atoms with Crippen molar-refractivity contribution < 1.29 is 9.47 Å². The van der Waals surface area contributed by atoms with Crippen LogP contribution in [0.15, 0.2) is 0 Å². The highest BCUT2D eigenvalue weighted by molar-refractivity contribution is 7.80. The molecule has 11 heavy (non-hydrogen) atoms. The van der Waals surface area contributed by atoms with Crippen molar-refractivity contribution in [3.8, 4) is 0 Å². The van der Waals surface area contributed by atoms with Crippen LogP contribution in [0.1, 0.15) is 19.8 Å². The Morgan fingerprint density at radius 3 is 2.18 bits per heavy atom. The van der Waals surface area contributed by atoms with Crippen LogP contribution in [0.3, 0.4) is 0 Å². The van der Waals surface area contributed by atoms with Crippen LogP contribution in [0.4, 0.5) is 0 Å². The van der Waals surface area contributed by atoms with E-state index in [4.69, 9.17) is 9.47 Å². The van der Waals surface area contributed by atoms with E-state index in [0.717, 1.165) is 23.1 Å². The van der Waals surface area contributed by atoms with Crippen LogP contribution in [0.25, 0.3) is 0 Å². The van der Waals surface area contributed by atoms with E-state index >= 15 is 0 Å². The highest BCUT2D eigenvalue weighted by atomic mass is 32.1. The molecule has 1 atom stereocenters. The highest BCUT2D eigenvalue weighted by Gasteiger charge is 2.24. The summed E-state index contributed by atoms with van der Waals surface area (Å²) in [5.74, 6) is 0. The van der Waals surface area contributed by atoms with Crippen molar-refractivity contribution in [2.75, 3.05) is 14.2 Å². The predicted octanol–water partition coefficient (Wildman–Crippen LogP) is 0.397. The van der Waals surface area contributed by atoms with Gasteiger partial charge in [-0.15, -0.1) is 0 Å². The zero-order chi connectivity index (χ0) is 8.91.